The van der Waals surface area contributed by atoms with Gasteiger partial charge in [0.1, 0.15) is 11.9 Å². The Hall–Kier alpha value is -2.05. The smallest absolute Gasteiger partial charge is 0.244 e. The first kappa shape index (κ1) is 16.4. The summed E-state index contributed by atoms with van der Waals surface area (Å²) in [6.07, 6.45) is 0.497. The number of benzene rings is 2. The van der Waals surface area contributed by atoms with E-state index < -0.39 is 10.0 Å². The van der Waals surface area contributed by atoms with Crippen molar-refractivity contribution in [1.29, 1.82) is 0 Å². The molecule has 25 heavy (non-hydrogen) atoms. The van der Waals surface area contributed by atoms with Gasteiger partial charge in [0.15, 0.2) is 0 Å². The molecule has 2 aromatic carbocycles. The molecule has 0 radical (unpaired) electrons. The molecule has 1 N–H and O–H groups in total. The lowest BCUT2D eigenvalue weighted by Crippen LogP contribution is -2.44. The standard InChI is InChI=1S/C19H22N2O3S/c1-13-4-7-15(8-5-13)25(22,23)21-11-10-19(2)16-12-14(24-3)6-9-17(16)20-18(19)21/h4-9,12,18,20H,10-11H2,1-3H3/t18-,19-/m0/s1. The molecule has 2 heterocycles. The molecule has 2 aromatic rings. The maximum atomic E-state index is 13.2. The number of rotatable bonds is 3. The van der Waals surface area contributed by atoms with Crippen molar-refractivity contribution in [3.8, 4) is 5.75 Å². The third-order valence-corrected chi connectivity index (χ3v) is 7.38. The molecule has 2 aliphatic heterocycles. The molecule has 1 saturated heterocycles. The van der Waals surface area contributed by atoms with E-state index in [4.69, 9.17) is 4.74 Å². The fourth-order valence-electron chi connectivity index (χ4n) is 3.94. The van der Waals surface area contributed by atoms with Crippen LogP contribution in [0.15, 0.2) is 47.4 Å². The number of anilines is 1. The van der Waals surface area contributed by atoms with E-state index in [-0.39, 0.29) is 11.6 Å². The van der Waals surface area contributed by atoms with Crippen LogP contribution in [0, 0.1) is 6.92 Å². The van der Waals surface area contributed by atoms with E-state index in [1.807, 2.05) is 37.3 Å². The predicted molar refractivity (Wildman–Crippen MR) is 97.4 cm³/mol. The number of fused-ring (bicyclic) bond motifs is 3. The van der Waals surface area contributed by atoms with Gasteiger partial charge in [-0.05, 0) is 49.2 Å². The number of ether oxygens (including phenoxy) is 1. The lowest BCUT2D eigenvalue weighted by molar-refractivity contribution is 0.359. The van der Waals surface area contributed by atoms with Crippen LogP contribution in [-0.2, 0) is 15.4 Å². The van der Waals surface area contributed by atoms with E-state index in [1.54, 1.807) is 23.5 Å². The Morgan fingerprint density at radius 1 is 1.20 bits per heavy atom. The molecule has 132 valence electrons. The van der Waals surface area contributed by atoms with E-state index in [0.717, 1.165) is 29.0 Å². The van der Waals surface area contributed by atoms with Gasteiger partial charge in [-0.1, -0.05) is 24.6 Å². The van der Waals surface area contributed by atoms with Crippen LogP contribution in [0.2, 0.25) is 0 Å². The Kier molecular flexibility index (Phi) is 3.60. The molecule has 0 saturated carbocycles. The lowest BCUT2D eigenvalue weighted by Gasteiger charge is -2.29. The van der Waals surface area contributed by atoms with Gasteiger partial charge in [-0.3, -0.25) is 0 Å². The van der Waals surface area contributed by atoms with Crippen LogP contribution >= 0.6 is 0 Å². The van der Waals surface area contributed by atoms with Crippen LogP contribution in [0.25, 0.3) is 0 Å². The largest absolute Gasteiger partial charge is 0.497 e. The molecule has 5 nitrogen and oxygen atoms in total. The second-order valence-corrected chi connectivity index (χ2v) is 8.95. The van der Waals surface area contributed by atoms with Crippen molar-refractivity contribution in [2.45, 2.75) is 36.7 Å². The highest BCUT2D eigenvalue weighted by molar-refractivity contribution is 7.89. The lowest BCUT2D eigenvalue weighted by atomic mass is 9.81. The Morgan fingerprint density at radius 3 is 2.60 bits per heavy atom. The van der Waals surface area contributed by atoms with Crippen LogP contribution in [0.3, 0.4) is 0 Å². The Bertz CT molecular complexity index is 924. The van der Waals surface area contributed by atoms with Crippen molar-refractivity contribution in [3.63, 3.8) is 0 Å². The zero-order valence-corrected chi connectivity index (χ0v) is 15.4. The molecule has 4 rings (SSSR count). The highest BCUT2D eigenvalue weighted by atomic mass is 32.2. The topological polar surface area (TPSA) is 58.6 Å². The van der Waals surface area contributed by atoms with Crippen molar-refractivity contribution < 1.29 is 13.2 Å². The van der Waals surface area contributed by atoms with E-state index >= 15 is 0 Å². The first-order valence-electron chi connectivity index (χ1n) is 8.40. The second-order valence-electron chi connectivity index (χ2n) is 7.05. The molecule has 2 atom stereocenters. The summed E-state index contributed by atoms with van der Waals surface area (Å²) in [5.41, 5.74) is 2.89. The van der Waals surface area contributed by atoms with E-state index in [1.165, 1.54) is 0 Å². The average Bonchev–Trinajstić information content (AvgIpc) is 3.07. The summed E-state index contributed by atoms with van der Waals surface area (Å²) < 4.78 is 33.3. The van der Waals surface area contributed by atoms with Gasteiger partial charge in [0.2, 0.25) is 10.0 Å². The third kappa shape index (κ3) is 2.35. The molecule has 0 aromatic heterocycles. The molecule has 0 unspecified atom stereocenters. The van der Waals surface area contributed by atoms with Crippen LogP contribution < -0.4 is 10.1 Å². The molecule has 6 heteroatoms. The number of nitrogens with one attached hydrogen (secondary N) is 1. The number of nitrogens with zero attached hydrogens (tertiary/aromatic N) is 1. The van der Waals surface area contributed by atoms with Gasteiger partial charge in [0.05, 0.1) is 12.0 Å². The van der Waals surface area contributed by atoms with Crippen molar-refractivity contribution in [2.24, 2.45) is 0 Å². The monoisotopic (exact) mass is 358 g/mol. The van der Waals surface area contributed by atoms with Gasteiger partial charge in [0.25, 0.3) is 0 Å². The Balaban J connectivity index is 1.73. The minimum atomic E-state index is -3.54. The quantitative estimate of drug-likeness (QED) is 0.916. The summed E-state index contributed by atoms with van der Waals surface area (Å²) in [7, 11) is -1.90. The Morgan fingerprint density at radius 2 is 1.92 bits per heavy atom. The van der Waals surface area contributed by atoms with Gasteiger partial charge in [-0.25, -0.2) is 8.42 Å². The normalized spacial score (nSPS) is 25.3. The minimum absolute atomic E-state index is 0.262. The summed E-state index contributed by atoms with van der Waals surface area (Å²) in [4.78, 5) is 0.345. The summed E-state index contributed by atoms with van der Waals surface area (Å²) in [6, 6.07) is 12.9. The minimum Gasteiger partial charge on any atom is -0.497 e. The zero-order chi connectivity index (χ0) is 17.8. The van der Waals surface area contributed by atoms with Crippen molar-refractivity contribution in [1.82, 2.24) is 4.31 Å². The molecule has 1 fully saturated rings. The van der Waals surface area contributed by atoms with Gasteiger partial charge >= 0.3 is 0 Å². The molecular weight excluding hydrogens is 336 g/mol. The zero-order valence-electron chi connectivity index (χ0n) is 14.6. The Labute approximate surface area is 148 Å². The SMILES string of the molecule is COc1ccc2c(c1)[C@]1(C)CCN(S(=O)(=O)c3ccc(C)cc3)[C@@H]1N2. The van der Waals surface area contributed by atoms with Gasteiger partial charge < -0.3 is 10.1 Å². The summed E-state index contributed by atoms with van der Waals surface area (Å²) in [5, 5.41) is 3.42. The first-order chi connectivity index (χ1) is 11.9. The maximum Gasteiger partial charge on any atom is 0.244 e. The van der Waals surface area contributed by atoms with E-state index in [9.17, 15) is 8.42 Å². The number of hydrogen-bond donors (Lipinski definition) is 1. The first-order valence-corrected chi connectivity index (χ1v) is 9.84. The number of hydrogen-bond acceptors (Lipinski definition) is 4. The fraction of sp³-hybridized carbons (Fsp3) is 0.368. The summed E-state index contributed by atoms with van der Waals surface area (Å²) in [6.45, 7) is 4.58. The highest BCUT2D eigenvalue weighted by Gasteiger charge is 2.54. The van der Waals surface area contributed by atoms with Gasteiger partial charge in [-0.15, -0.1) is 0 Å². The molecule has 2 aliphatic rings. The fourth-order valence-corrected chi connectivity index (χ4v) is 5.59. The van der Waals surface area contributed by atoms with E-state index in [2.05, 4.69) is 12.2 Å². The van der Waals surface area contributed by atoms with Crippen molar-refractivity contribution in [2.75, 3.05) is 19.0 Å². The summed E-state index contributed by atoms with van der Waals surface area (Å²) in [5.74, 6) is 0.794. The maximum absolute atomic E-state index is 13.2. The van der Waals surface area contributed by atoms with Gasteiger partial charge in [0, 0.05) is 17.6 Å². The number of sulfonamides is 1. The number of methoxy groups -OCH3 is 1. The van der Waals surface area contributed by atoms with Crippen molar-refractivity contribution >= 4 is 15.7 Å². The van der Waals surface area contributed by atoms with Crippen LogP contribution in [0.4, 0.5) is 5.69 Å². The predicted octanol–water partition coefficient (Wildman–Crippen LogP) is 3.11. The van der Waals surface area contributed by atoms with Crippen LogP contribution in [0.5, 0.6) is 5.75 Å². The average molecular weight is 358 g/mol. The molecule has 0 spiro atoms. The van der Waals surface area contributed by atoms with Crippen molar-refractivity contribution in [3.05, 3.63) is 53.6 Å². The molecular formula is C19H22N2O3S. The van der Waals surface area contributed by atoms with Gasteiger partial charge in [-0.2, -0.15) is 4.31 Å². The van der Waals surface area contributed by atoms with Crippen LogP contribution in [0.1, 0.15) is 24.5 Å². The molecule has 0 amide bonds. The van der Waals surface area contributed by atoms with E-state index in [0.29, 0.717) is 11.4 Å². The highest BCUT2D eigenvalue weighted by Crippen LogP contribution is 2.50. The summed E-state index contributed by atoms with van der Waals surface area (Å²) >= 11 is 0. The number of aryl methyl sites for hydroxylation is 1. The molecule has 0 aliphatic carbocycles. The second kappa shape index (κ2) is 5.47. The van der Waals surface area contributed by atoms with Crippen LogP contribution in [-0.4, -0.2) is 32.5 Å². The third-order valence-electron chi connectivity index (χ3n) is 5.50. The molecule has 0 bridgehead atoms.